The average Bonchev–Trinajstić information content (AvgIpc) is 2.21. The smallest absolute Gasteiger partial charge is 0.221 e. The highest BCUT2D eigenvalue weighted by Crippen LogP contribution is 2.39. The molecule has 0 aromatic rings. The highest BCUT2D eigenvalue weighted by molar-refractivity contribution is 6.18. The molecule has 1 aliphatic carbocycles. The van der Waals surface area contributed by atoms with Crippen molar-refractivity contribution in [1.82, 2.24) is 5.32 Å². The van der Waals surface area contributed by atoms with E-state index in [1.54, 1.807) is 0 Å². The van der Waals surface area contributed by atoms with Crippen LogP contribution in [-0.2, 0) is 4.79 Å². The van der Waals surface area contributed by atoms with E-state index in [4.69, 9.17) is 11.6 Å². The Balaban J connectivity index is 2.34. The van der Waals surface area contributed by atoms with Crippen LogP contribution in [0.3, 0.4) is 0 Å². The lowest BCUT2D eigenvalue weighted by atomic mass is 9.71. The molecular formula is C12H22ClNO2. The minimum absolute atomic E-state index is 0.0757. The number of halogens is 1. The number of alkyl halides is 1. The minimum atomic E-state index is -0.711. The summed E-state index contributed by atoms with van der Waals surface area (Å²) in [6.45, 7) is 4.80. The fraction of sp³-hybridized carbons (Fsp3) is 0.917. The molecule has 1 saturated carbocycles. The van der Waals surface area contributed by atoms with Gasteiger partial charge in [0.15, 0.2) is 0 Å². The van der Waals surface area contributed by atoms with E-state index < -0.39 is 5.60 Å². The second-order valence-electron chi connectivity index (χ2n) is 5.60. The highest BCUT2D eigenvalue weighted by atomic mass is 35.5. The van der Waals surface area contributed by atoms with Crippen LogP contribution in [0.5, 0.6) is 0 Å². The summed E-state index contributed by atoms with van der Waals surface area (Å²) in [5.74, 6) is 0.255. The Bertz CT molecular complexity index is 243. The molecule has 0 aliphatic heterocycles. The number of amides is 1. The van der Waals surface area contributed by atoms with Gasteiger partial charge in [0.2, 0.25) is 5.91 Å². The largest absolute Gasteiger partial charge is 0.388 e. The predicted octanol–water partition coefficient (Wildman–Crippen LogP) is 2.06. The van der Waals surface area contributed by atoms with Crippen LogP contribution in [0.15, 0.2) is 0 Å². The van der Waals surface area contributed by atoms with Gasteiger partial charge in [-0.2, -0.15) is 0 Å². The molecule has 94 valence electrons. The second-order valence-corrected chi connectivity index (χ2v) is 5.98. The number of carbonyl (C=O) groups is 1. The van der Waals surface area contributed by atoms with Crippen molar-refractivity contribution < 1.29 is 9.90 Å². The lowest BCUT2D eigenvalue weighted by Crippen LogP contribution is -2.46. The second kappa shape index (κ2) is 5.37. The SMILES string of the molecule is CC1(C)CCC(O)(CNC(=O)CCCl)CC1. The lowest BCUT2D eigenvalue weighted by molar-refractivity contribution is -0.122. The highest BCUT2D eigenvalue weighted by Gasteiger charge is 2.36. The molecule has 0 aromatic heterocycles. The van der Waals surface area contributed by atoms with Crippen molar-refractivity contribution in [3.05, 3.63) is 0 Å². The van der Waals surface area contributed by atoms with Gasteiger partial charge in [-0.3, -0.25) is 4.79 Å². The van der Waals surface area contributed by atoms with Gasteiger partial charge in [-0.15, -0.1) is 11.6 Å². The molecule has 1 amide bonds. The molecule has 0 saturated heterocycles. The topological polar surface area (TPSA) is 49.3 Å². The zero-order valence-corrected chi connectivity index (χ0v) is 10.9. The number of hydrogen-bond acceptors (Lipinski definition) is 2. The molecule has 0 atom stereocenters. The third-order valence-electron chi connectivity index (χ3n) is 3.47. The molecule has 1 fully saturated rings. The summed E-state index contributed by atoms with van der Waals surface area (Å²) in [7, 11) is 0. The molecule has 2 N–H and O–H groups in total. The molecule has 0 spiro atoms. The standard InChI is InChI=1S/C12H22ClNO2/c1-11(2)4-6-12(16,7-5-11)9-14-10(15)3-8-13/h16H,3-9H2,1-2H3,(H,14,15). The minimum Gasteiger partial charge on any atom is -0.388 e. The summed E-state index contributed by atoms with van der Waals surface area (Å²) in [6.07, 6.45) is 3.87. The molecule has 0 unspecified atom stereocenters. The zero-order valence-electron chi connectivity index (χ0n) is 10.2. The maximum Gasteiger partial charge on any atom is 0.221 e. The van der Waals surface area contributed by atoms with E-state index in [9.17, 15) is 9.90 Å². The van der Waals surface area contributed by atoms with Crippen molar-refractivity contribution in [3.8, 4) is 0 Å². The molecule has 0 heterocycles. The van der Waals surface area contributed by atoms with E-state index >= 15 is 0 Å². The van der Waals surface area contributed by atoms with Crippen LogP contribution in [0.2, 0.25) is 0 Å². The molecular weight excluding hydrogens is 226 g/mol. The average molecular weight is 248 g/mol. The Morgan fingerprint density at radius 1 is 1.31 bits per heavy atom. The first kappa shape index (κ1) is 13.8. The quantitative estimate of drug-likeness (QED) is 0.748. The molecule has 0 aromatic carbocycles. The van der Waals surface area contributed by atoms with Gasteiger partial charge in [0.05, 0.1) is 5.60 Å². The van der Waals surface area contributed by atoms with Crippen LogP contribution in [0, 0.1) is 5.41 Å². The van der Waals surface area contributed by atoms with Gasteiger partial charge >= 0.3 is 0 Å². The summed E-state index contributed by atoms with van der Waals surface area (Å²) in [5, 5.41) is 13.0. The first-order chi connectivity index (χ1) is 7.37. The Labute approximate surface area is 103 Å². The molecule has 3 nitrogen and oxygen atoms in total. The molecule has 0 radical (unpaired) electrons. The lowest BCUT2D eigenvalue weighted by Gasteiger charge is -2.40. The van der Waals surface area contributed by atoms with Crippen molar-refractivity contribution in [2.24, 2.45) is 5.41 Å². The molecule has 0 bridgehead atoms. The van der Waals surface area contributed by atoms with Crippen molar-refractivity contribution in [2.45, 2.75) is 51.6 Å². The van der Waals surface area contributed by atoms with E-state index in [-0.39, 0.29) is 5.91 Å². The van der Waals surface area contributed by atoms with Gasteiger partial charge in [0.25, 0.3) is 0 Å². The number of hydrogen-bond donors (Lipinski definition) is 2. The van der Waals surface area contributed by atoms with Gasteiger partial charge in [0, 0.05) is 18.8 Å². The fourth-order valence-corrected chi connectivity index (χ4v) is 2.18. The van der Waals surface area contributed by atoms with Crippen LogP contribution in [0.25, 0.3) is 0 Å². The third kappa shape index (κ3) is 4.30. The van der Waals surface area contributed by atoms with Gasteiger partial charge in [-0.1, -0.05) is 13.8 Å². The first-order valence-corrected chi connectivity index (χ1v) is 6.45. The van der Waals surface area contributed by atoms with Gasteiger partial charge in [0.1, 0.15) is 0 Å². The van der Waals surface area contributed by atoms with E-state index in [1.165, 1.54) is 0 Å². The summed E-state index contributed by atoms with van der Waals surface area (Å²) in [6, 6.07) is 0. The van der Waals surface area contributed by atoms with Crippen LogP contribution in [-0.4, -0.2) is 29.0 Å². The Morgan fingerprint density at radius 3 is 2.38 bits per heavy atom. The monoisotopic (exact) mass is 247 g/mol. The zero-order chi connectivity index (χ0) is 12.2. The number of rotatable bonds is 4. The normalized spacial score (nSPS) is 22.8. The number of nitrogens with one attached hydrogen (secondary N) is 1. The summed E-state index contributed by atoms with van der Waals surface area (Å²) >= 11 is 5.47. The molecule has 1 aliphatic rings. The summed E-state index contributed by atoms with van der Waals surface area (Å²) in [4.78, 5) is 11.2. The molecule has 4 heteroatoms. The van der Waals surface area contributed by atoms with Crippen molar-refractivity contribution in [1.29, 1.82) is 0 Å². The van der Waals surface area contributed by atoms with Crippen LogP contribution in [0.4, 0.5) is 0 Å². The van der Waals surface area contributed by atoms with Crippen molar-refractivity contribution >= 4 is 17.5 Å². The Morgan fingerprint density at radius 2 is 1.88 bits per heavy atom. The Kier molecular flexibility index (Phi) is 4.62. The molecule has 16 heavy (non-hydrogen) atoms. The Hall–Kier alpha value is -0.280. The van der Waals surface area contributed by atoms with E-state index in [0.29, 0.717) is 24.3 Å². The number of aliphatic hydroxyl groups is 1. The fourth-order valence-electron chi connectivity index (χ4n) is 2.01. The molecule has 1 rings (SSSR count). The summed E-state index contributed by atoms with van der Waals surface area (Å²) < 4.78 is 0. The van der Waals surface area contributed by atoms with E-state index in [2.05, 4.69) is 19.2 Å². The van der Waals surface area contributed by atoms with Gasteiger partial charge in [-0.05, 0) is 31.1 Å². The first-order valence-electron chi connectivity index (χ1n) is 5.92. The van der Waals surface area contributed by atoms with Crippen molar-refractivity contribution in [3.63, 3.8) is 0 Å². The van der Waals surface area contributed by atoms with E-state index in [1.807, 2.05) is 0 Å². The van der Waals surface area contributed by atoms with Crippen LogP contribution in [0.1, 0.15) is 46.0 Å². The van der Waals surface area contributed by atoms with Crippen LogP contribution >= 0.6 is 11.6 Å². The number of carbonyl (C=O) groups excluding carboxylic acids is 1. The third-order valence-corrected chi connectivity index (χ3v) is 3.66. The van der Waals surface area contributed by atoms with E-state index in [0.717, 1.165) is 25.7 Å². The van der Waals surface area contributed by atoms with Gasteiger partial charge < -0.3 is 10.4 Å². The maximum atomic E-state index is 11.2. The maximum absolute atomic E-state index is 11.2. The summed E-state index contributed by atoms with van der Waals surface area (Å²) in [5.41, 5.74) is -0.385. The van der Waals surface area contributed by atoms with Crippen molar-refractivity contribution in [2.75, 3.05) is 12.4 Å². The van der Waals surface area contributed by atoms with Gasteiger partial charge in [-0.25, -0.2) is 0 Å². The van der Waals surface area contributed by atoms with Crippen LogP contribution < -0.4 is 5.32 Å². The predicted molar refractivity (Wildman–Crippen MR) is 65.5 cm³/mol.